The molecule has 18 heavy (non-hydrogen) atoms. The molecule has 0 radical (unpaired) electrons. The highest BCUT2D eigenvalue weighted by molar-refractivity contribution is 6.00. The molecule has 2 rings (SSSR count). The lowest BCUT2D eigenvalue weighted by molar-refractivity contribution is 0.0847. The van der Waals surface area contributed by atoms with Gasteiger partial charge in [0.15, 0.2) is 5.78 Å². The van der Waals surface area contributed by atoms with Gasteiger partial charge in [-0.05, 0) is 23.6 Å². The van der Waals surface area contributed by atoms with Crippen molar-refractivity contribution in [3.8, 4) is 11.1 Å². The first-order valence-electron chi connectivity index (χ1n) is 5.91. The lowest BCUT2D eigenvalue weighted by atomic mass is 9.95. The number of hydrogen-bond acceptors (Lipinski definition) is 2. The minimum Gasteiger partial charge on any atom is -0.377 e. The largest absolute Gasteiger partial charge is 0.377 e. The molecule has 0 aliphatic rings. The fourth-order valence-corrected chi connectivity index (χ4v) is 2.08. The fraction of sp³-hybridized carbons (Fsp3) is 0.188. The van der Waals surface area contributed by atoms with E-state index in [2.05, 4.69) is 0 Å². The predicted octanol–water partition coefficient (Wildman–Crippen LogP) is 3.49. The van der Waals surface area contributed by atoms with Crippen LogP contribution in [0.25, 0.3) is 11.1 Å². The number of hydrogen-bond donors (Lipinski definition) is 0. The third-order valence-electron chi connectivity index (χ3n) is 2.99. The van der Waals surface area contributed by atoms with Crippen LogP contribution in [0, 0.1) is 6.92 Å². The number of benzene rings is 2. The zero-order chi connectivity index (χ0) is 13.0. The highest BCUT2D eigenvalue weighted by atomic mass is 16.5. The first-order chi connectivity index (χ1) is 8.74. The summed E-state index contributed by atoms with van der Waals surface area (Å²) in [6.45, 7) is 2.10. The SMILES string of the molecule is COCC(=O)c1cccc(-c2ccccc2)c1C. The molecule has 0 fully saturated rings. The topological polar surface area (TPSA) is 26.3 Å². The van der Waals surface area contributed by atoms with Crippen LogP contribution < -0.4 is 0 Å². The summed E-state index contributed by atoms with van der Waals surface area (Å²) < 4.78 is 4.91. The fourth-order valence-electron chi connectivity index (χ4n) is 2.08. The maximum Gasteiger partial charge on any atom is 0.188 e. The number of rotatable bonds is 4. The van der Waals surface area contributed by atoms with Gasteiger partial charge >= 0.3 is 0 Å². The number of carbonyl (C=O) groups excluding carboxylic acids is 1. The van der Waals surface area contributed by atoms with E-state index in [1.165, 1.54) is 7.11 Å². The van der Waals surface area contributed by atoms with Gasteiger partial charge in [-0.2, -0.15) is 0 Å². The van der Waals surface area contributed by atoms with Crippen LogP contribution in [0.5, 0.6) is 0 Å². The van der Waals surface area contributed by atoms with Gasteiger partial charge in [0.25, 0.3) is 0 Å². The zero-order valence-corrected chi connectivity index (χ0v) is 10.6. The Labute approximate surface area is 107 Å². The Morgan fingerprint density at radius 1 is 1.06 bits per heavy atom. The lowest BCUT2D eigenvalue weighted by Gasteiger charge is -2.10. The Morgan fingerprint density at radius 2 is 1.78 bits per heavy atom. The predicted molar refractivity (Wildman–Crippen MR) is 72.8 cm³/mol. The number of ketones is 1. The third kappa shape index (κ3) is 2.49. The molecule has 0 N–H and O–H groups in total. The molecule has 0 aromatic heterocycles. The van der Waals surface area contributed by atoms with Crippen LogP contribution in [0.4, 0.5) is 0 Å². The van der Waals surface area contributed by atoms with Crippen LogP contribution in [-0.2, 0) is 4.74 Å². The molecule has 0 saturated carbocycles. The molecule has 0 aliphatic heterocycles. The second kappa shape index (κ2) is 5.61. The van der Waals surface area contributed by atoms with E-state index in [1.807, 2.05) is 55.5 Å². The first kappa shape index (κ1) is 12.5. The van der Waals surface area contributed by atoms with Crippen LogP contribution in [-0.4, -0.2) is 19.5 Å². The molecule has 0 spiro atoms. The highest BCUT2D eigenvalue weighted by Crippen LogP contribution is 2.25. The molecule has 2 nitrogen and oxygen atoms in total. The Kier molecular flexibility index (Phi) is 3.90. The molecule has 0 amide bonds. The van der Waals surface area contributed by atoms with Crippen LogP contribution >= 0.6 is 0 Å². The molecule has 2 aromatic rings. The van der Waals surface area contributed by atoms with Crippen LogP contribution in [0.2, 0.25) is 0 Å². The Bertz CT molecular complexity index is 544. The number of ether oxygens (including phenoxy) is 1. The summed E-state index contributed by atoms with van der Waals surface area (Å²) in [6, 6.07) is 15.9. The van der Waals surface area contributed by atoms with Gasteiger partial charge in [0.05, 0.1) is 0 Å². The summed E-state index contributed by atoms with van der Waals surface area (Å²) in [4.78, 5) is 11.9. The third-order valence-corrected chi connectivity index (χ3v) is 2.99. The summed E-state index contributed by atoms with van der Waals surface area (Å²) in [5.74, 6) is 0.0211. The maximum absolute atomic E-state index is 11.9. The van der Waals surface area contributed by atoms with Crippen molar-refractivity contribution in [2.75, 3.05) is 13.7 Å². The molecule has 92 valence electrons. The number of carbonyl (C=O) groups is 1. The van der Waals surface area contributed by atoms with Crippen molar-refractivity contribution in [3.05, 3.63) is 59.7 Å². The molecule has 0 saturated heterocycles. The van der Waals surface area contributed by atoms with Crippen molar-refractivity contribution in [2.24, 2.45) is 0 Å². The van der Waals surface area contributed by atoms with E-state index < -0.39 is 0 Å². The summed E-state index contributed by atoms with van der Waals surface area (Å²) in [6.07, 6.45) is 0. The van der Waals surface area contributed by atoms with Crippen LogP contribution in [0.15, 0.2) is 48.5 Å². The summed E-state index contributed by atoms with van der Waals surface area (Å²) in [5, 5.41) is 0. The van der Waals surface area contributed by atoms with Crippen LogP contribution in [0.1, 0.15) is 15.9 Å². The van der Waals surface area contributed by atoms with E-state index in [0.29, 0.717) is 0 Å². The van der Waals surface area contributed by atoms with E-state index in [-0.39, 0.29) is 12.4 Å². The first-order valence-corrected chi connectivity index (χ1v) is 5.91. The van der Waals surface area contributed by atoms with Gasteiger partial charge in [0.1, 0.15) is 6.61 Å². The number of Topliss-reactive ketones (excluding diaryl/α,β-unsaturated/α-hetero) is 1. The van der Waals surface area contributed by atoms with Gasteiger partial charge in [-0.15, -0.1) is 0 Å². The average Bonchev–Trinajstić information content (AvgIpc) is 2.40. The molecular formula is C16H16O2. The van der Waals surface area contributed by atoms with Crippen molar-refractivity contribution in [1.29, 1.82) is 0 Å². The molecule has 0 unspecified atom stereocenters. The van der Waals surface area contributed by atoms with Crippen LogP contribution in [0.3, 0.4) is 0 Å². The quantitative estimate of drug-likeness (QED) is 0.765. The van der Waals surface area contributed by atoms with Crippen molar-refractivity contribution in [3.63, 3.8) is 0 Å². The van der Waals surface area contributed by atoms with Crippen molar-refractivity contribution in [1.82, 2.24) is 0 Å². The minimum atomic E-state index is 0.0211. The van der Waals surface area contributed by atoms with Gasteiger partial charge in [0.2, 0.25) is 0 Å². The Morgan fingerprint density at radius 3 is 2.44 bits per heavy atom. The van der Waals surface area contributed by atoms with Gasteiger partial charge in [-0.1, -0.05) is 48.5 Å². The van der Waals surface area contributed by atoms with Crippen molar-refractivity contribution >= 4 is 5.78 Å². The number of methoxy groups -OCH3 is 1. The molecule has 2 heteroatoms. The Balaban J connectivity index is 2.46. The molecule has 0 atom stereocenters. The van der Waals surface area contributed by atoms with Gasteiger partial charge < -0.3 is 4.74 Å². The highest BCUT2D eigenvalue weighted by Gasteiger charge is 2.11. The monoisotopic (exact) mass is 240 g/mol. The van der Waals surface area contributed by atoms with E-state index >= 15 is 0 Å². The second-order valence-corrected chi connectivity index (χ2v) is 4.20. The van der Waals surface area contributed by atoms with E-state index in [0.717, 1.165) is 22.3 Å². The Hall–Kier alpha value is -1.93. The molecule has 0 aliphatic carbocycles. The van der Waals surface area contributed by atoms with Gasteiger partial charge in [-0.25, -0.2) is 0 Å². The van der Waals surface area contributed by atoms with Crippen molar-refractivity contribution in [2.45, 2.75) is 6.92 Å². The summed E-state index contributed by atoms with van der Waals surface area (Å²) in [5.41, 5.74) is 3.96. The minimum absolute atomic E-state index is 0.0211. The smallest absolute Gasteiger partial charge is 0.188 e. The van der Waals surface area contributed by atoms with E-state index in [4.69, 9.17) is 4.74 Å². The lowest BCUT2D eigenvalue weighted by Crippen LogP contribution is -2.09. The molecule has 0 heterocycles. The van der Waals surface area contributed by atoms with Gasteiger partial charge in [0, 0.05) is 12.7 Å². The molecule has 2 aromatic carbocycles. The average molecular weight is 240 g/mol. The molecular weight excluding hydrogens is 224 g/mol. The normalized spacial score (nSPS) is 10.3. The summed E-state index contributed by atoms with van der Waals surface area (Å²) >= 11 is 0. The maximum atomic E-state index is 11.9. The van der Waals surface area contributed by atoms with Gasteiger partial charge in [-0.3, -0.25) is 4.79 Å². The zero-order valence-electron chi connectivity index (χ0n) is 10.6. The molecule has 0 bridgehead atoms. The van der Waals surface area contributed by atoms with Crippen molar-refractivity contribution < 1.29 is 9.53 Å². The second-order valence-electron chi connectivity index (χ2n) is 4.20. The summed E-state index contributed by atoms with van der Waals surface area (Å²) in [7, 11) is 1.54. The van der Waals surface area contributed by atoms with E-state index in [1.54, 1.807) is 0 Å². The standard InChI is InChI=1S/C16H16O2/c1-12-14(13-7-4-3-5-8-13)9-6-10-15(12)16(17)11-18-2/h3-10H,11H2,1-2H3. The van der Waals surface area contributed by atoms with E-state index in [9.17, 15) is 4.79 Å².